The second-order valence-electron chi connectivity index (χ2n) is 5.77. The Labute approximate surface area is 154 Å². The van der Waals surface area contributed by atoms with Gasteiger partial charge >= 0.3 is 0 Å². The second kappa shape index (κ2) is 6.57. The zero-order valence-corrected chi connectivity index (χ0v) is 14.6. The van der Waals surface area contributed by atoms with Crippen molar-refractivity contribution in [1.82, 2.24) is 19.6 Å². The molecule has 128 valence electrons. The molecule has 0 radical (unpaired) electrons. The first-order valence-electron chi connectivity index (χ1n) is 7.94. The first-order valence-corrected chi connectivity index (χ1v) is 8.32. The Morgan fingerprint density at radius 3 is 2.73 bits per heavy atom. The van der Waals surface area contributed by atoms with Gasteiger partial charge in [0.15, 0.2) is 5.65 Å². The van der Waals surface area contributed by atoms with Gasteiger partial charge in [0, 0.05) is 34.9 Å². The maximum atomic E-state index is 12.7. The summed E-state index contributed by atoms with van der Waals surface area (Å²) >= 11 is 6.13. The lowest BCUT2D eigenvalue weighted by Crippen LogP contribution is -2.13. The molecular weight excluding hydrogens is 350 g/mol. The molecule has 0 spiro atoms. The van der Waals surface area contributed by atoms with Gasteiger partial charge < -0.3 is 5.32 Å². The van der Waals surface area contributed by atoms with E-state index in [-0.39, 0.29) is 5.91 Å². The van der Waals surface area contributed by atoms with E-state index in [4.69, 9.17) is 11.6 Å². The molecule has 3 heterocycles. The van der Waals surface area contributed by atoms with Crippen LogP contribution >= 0.6 is 11.6 Å². The summed E-state index contributed by atoms with van der Waals surface area (Å²) in [6, 6.07) is 12.7. The number of carbonyl (C=O) groups is 1. The first-order chi connectivity index (χ1) is 12.6. The number of aryl methyl sites for hydroxylation is 1. The molecule has 7 heteroatoms. The molecule has 0 aliphatic rings. The molecular formula is C19H14ClN5O. The lowest BCUT2D eigenvalue weighted by molar-refractivity contribution is 0.102. The molecule has 0 saturated carbocycles. The largest absolute Gasteiger partial charge is 0.322 e. The quantitative estimate of drug-likeness (QED) is 0.597. The third-order valence-electron chi connectivity index (χ3n) is 3.88. The summed E-state index contributed by atoms with van der Waals surface area (Å²) in [7, 11) is 0. The molecule has 0 atom stereocenters. The maximum Gasteiger partial charge on any atom is 0.257 e. The number of amides is 1. The summed E-state index contributed by atoms with van der Waals surface area (Å²) in [4.78, 5) is 21.1. The minimum atomic E-state index is -0.241. The van der Waals surface area contributed by atoms with Gasteiger partial charge in [-0.15, -0.1) is 0 Å². The fourth-order valence-corrected chi connectivity index (χ4v) is 2.91. The number of rotatable bonds is 3. The van der Waals surface area contributed by atoms with Gasteiger partial charge in [-0.3, -0.25) is 9.78 Å². The van der Waals surface area contributed by atoms with Gasteiger partial charge in [0.05, 0.1) is 5.56 Å². The van der Waals surface area contributed by atoms with Gasteiger partial charge in [-0.05, 0) is 42.8 Å². The van der Waals surface area contributed by atoms with Crippen molar-refractivity contribution < 1.29 is 4.79 Å². The summed E-state index contributed by atoms with van der Waals surface area (Å²) < 4.78 is 1.62. The summed E-state index contributed by atoms with van der Waals surface area (Å²) in [5.41, 5.74) is 3.47. The topological polar surface area (TPSA) is 72.2 Å². The Morgan fingerprint density at radius 1 is 1.15 bits per heavy atom. The van der Waals surface area contributed by atoms with Crippen molar-refractivity contribution in [2.24, 2.45) is 0 Å². The Kier molecular flexibility index (Phi) is 4.10. The van der Waals surface area contributed by atoms with E-state index >= 15 is 0 Å². The molecule has 26 heavy (non-hydrogen) atoms. The molecule has 0 bridgehead atoms. The molecule has 4 aromatic rings. The molecule has 1 aromatic carbocycles. The average Bonchev–Trinajstić information content (AvgIpc) is 3.01. The van der Waals surface area contributed by atoms with Crippen LogP contribution in [0.1, 0.15) is 16.2 Å². The minimum absolute atomic E-state index is 0.241. The Hall–Kier alpha value is -3.25. The van der Waals surface area contributed by atoms with E-state index in [1.165, 1.54) is 0 Å². The molecule has 1 amide bonds. The van der Waals surface area contributed by atoms with Crippen LogP contribution in [0.2, 0.25) is 5.02 Å². The number of aromatic nitrogens is 4. The summed E-state index contributed by atoms with van der Waals surface area (Å²) in [5.74, 6) is 0.384. The summed E-state index contributed by atoms with van der Waals surface area (Å²) in [5, 5.41) is 7.82. The monoisotopic (exact) mass is 363 g/mol. The molecule has 1 N–H and O–H groups in total. The lowest BCUT2D eigenvalue weighted by Gasteiger charge is -2.09. The van der Waals surface area contributed by atoms with E-state index in [1.54, 1.807) is 47.4 Å². The van der Waals surface area contributed by atoms with E-state index in [0.29, 0.717) is 27.7 Å². The average molecular weight is 364 g/mol. The highest BCUT2D eigenvalue weighted by Crippen LogP contribution is 2.27. The maximum absolute atomic E-state index is 12.7. The van der Waals surface area contributed by atoms with E-state index in [1.807, 2.05) is 25.1 Å². The van der Waals surface area contributed by atoms with Crippen LogP contribution in [-0.2, 0) is 0 Å². The van der Waals surface area contributed by atoms with Crippen LogP contribution in [-0.4, -0.2) is 25.5 Å². The number of nitrogens with one attached hydrogen (secondary N) is 1. The van der Waals surface area contributed by atoms with Crippen molar-refractivity contribution in [3.8, 4) is 11.1 Å². The van der Waals surface area contributed by atoms with Gasteiger partial charge in [-0.1, -0.05) is 23.7 Å². The third kappa shape index (κ3) is 3.14. The Morgan fingerprint density at radius 2 is 1.96 bits per heavy atom. The number of anilines is 1. The molecule has 0 fully saturated rings. The number of pyridine rings is 2. The van der Waals surface area contributed by atoms with Crippen molar-refractivity contribution in [3.63, 3.8) is 0 Å². The van der Waals surface area contributed by atoms with Gasteiger partial charge in [-0.25, -0.2) is 9.50 Å². The van der Waals surface area contributed by atoms with Crippen LogP contribution in [0.25, 0.3) is 16.8 Å². The van der Waals surface area contributed by atoms with Crippen LogP contribution in [0, 0.1) is 6.92 Å². The van der Waals surface area contributed by atoms with Gasteiger partial charge in [-0.2, -0.15) is 5.10 Å². The van der Waals surface area contributed by atoms with Crippen LogP contribution in [0.15, 0.2) is 61.1 Å². The number of hydrogen-bond donors (Lipinski definition) is 1. The second-order valence-corrected chi connectivity index (χ2v) is 6.21. The van der Waals surface area contributed by atoms with E-state index < -0.39 is 0 Å². The van der Waals surface area contributed by atoms with Gasteiger partial charge in [0.25, 0.3) is 5.91 Å². The Balaban J connectivity index is 1.82. The van der Waals surface area contributed by atoms with E-state index in [0.717, 1.165) is 11.1 Å². The highest BCUT2D eigenvalue weighted by Gasteiger charge is 2.15. The predicted octanol–water partition coefficient (Wildman–Crippen LogP) is 4.01. The van der Waals surface area contributed by atoms with Crippen LogP contribution in [0.5, 0.6) is 0 Å². The van der Waals surface area contributed by atoms with E-state index in [2.05, 4.69) is 20.4 Å². The molecule has 0 saturated heterocycles. The fourth-order valence-electron chi connectivity index (χ4n) is 2.72. The van der Waals surface area contributed by atoms with Crippen LogP contribution in [0.4, 0.5) is 5.69 Å². The molecule has 0 unspecified atom stereocenters. The zero-order valence-electron chi connectivity index (χ0n) is 13.8. The number of halogens is 1. The number of carbonyl (C=O) groups excluding carboxylic acids is 1. The highest BCUT2D eigenvalue weighted by molar-refractivity contribution is 6.30. The number of fused-ring (bicyclic) bond motifs is 1. The van der Waals surface area contributed by atoms with Crippen molar-refractivity contribution in [3.05, 3.63) is 77.5 Å². The first kappa shape index (κ1) is 16.2. The zero-order chi connectivity index (χ0) is 18.1. The van der Waals surface area contributed by atoms with E-state index in [9.17, 15) is 4.79 Å². The lowest BCUT2D eigenvalue weighted by atomic mass is 10.0. The van der Waals surface area contributed by atoms with Gasteiger partial charge in [0.2, 0.25) is 0 Å². The molecule has 0 aliphatic carbocycles. The predicted molar refractivity (Wildman–Crippen MR) is 100 cm³/mol. The van der Waals surface area contributed by atoms with Crippen LogP contribution < -0.4 is 5.32 Å². The van der Waals surface area contributed by atoms with Crippen molar-refractivity contribution in [2.75, 3.05) is 5.32 Å². The standard InChI is InChI=1S/C19H14ClN5O/c1-12-22-18-17(13-3-2-4-15(20)9-13)10-14(11-25(18)24-12)19(26)23-16-5-7-21-8-6-16/h2-11H,1H3,(H,21,23,26). The smallest absolute Gasteiger partial charge is 0.257 e. The fraction of sp³-hybridized carbons (Fsp3) is 0.0526. The SMILES string of the molecule is Cc1nc2c(-c3cccc(Cl)c3)cc(C(=O)Nc3ccncc3)cn2n1. The number of hydrogen-bond acceptors (Lipinski definition) is 4. The summed E-state index contributed by atoms with van der Waals surface area (Å²) in [6.45, 7) is 1.81. The molecule has 3 aromatic heterocycles. The Bertz CT molecular complexity index is 1110. The molecule has 6 nitrogen and oxygen atoms in total. The van der Waals surface area contributed by atoms with Crippen molar-refractivity contribution >= 4 is 28.8 Å². The molecule has 0 aliphatic heterocycles. The highest BCUT2D eigenvalue weighted by atomic mass is 35.5. The third-order valence-corrected chi connectivity index (χ3v) is 4.11. The molecule has 4 rings (SSSR count). The normalized spacial score (nSPS) is 10.8. The van der Waals surface area contributed by atoms with Crippen molar-refractivity contribution in [1.29, 1.82) is 0 Å². The van der Waals surface area contributed by atoms with Crippen LogP contribution in [0.3, 0.4) is 0 Å². The van der Waals surface area contributed by atoms with Crippen molar-refractivity contribution in [2.45, 2.75) is 6.92 Å². The van der Waals surface area contributed by atoms with Gasteiger partial charge in [0.1, 0.15) is 5.82 Å². The summed E-state index contributed by atoms with van der Waals surface area (Å²) in [6.07, 6.45) is 4.91. The minimum Gasteiger partial charge on any atom is -0.322 e. The number of nitrogens with zero attached hydrogens (tertiary/aromatic N) is 4. The number of benzene rings is 1.